The van der Waals surface area contributed by atoms with Crippen LogP contribution in [0.3, 0.4) is 0 Å². The Bertz CT molecular complexity index is 1400. The standard InChI is InChI=1S/C26H20Cl2N6/c1-2-34-22(18-11-7-4-8-12-18)21(17-9-5-3-6-10-17)30-23(34)19-13-15-20(16-14-19)29-26-32-24(27)31-25(28)33-26/h3-16H,2H2,1H3,(H,29,31,32,33). The number of benzene rings is 3. The fourth-order valence-electron chi connectivity index (χ4n) is 3.88. The molecule has 0 aliphatic rings. The Morgan fingerprint density at radius 2 is 1.26 bits per heavy atom. The zero-order chi connectivity index (χ0) is 23.5. The van der Waals surface area contributed by atoms with Gasteiger partial charge in [-0.1, -0.05) is 60.7 Å². The number of aromatic nitrogens is 5. The highest BCUT2D eigenvalue weighted by molar-refractivity contribution is 6.31. The van der Waals surface area contributed by atoms with Crippen molar-refractivity contribution in [2.75, 3.05) is 5.32 Å². The Balaban J connectivity index is 1.56. The van der Waals surface area contributed by atoms with Crippen molar-refractivity contribution in [1.29, 1.82) is 0 Å². The molecular weight excluding hydrogens is 467 g/mol. The van der Waals surface area contributed by atoms with Crippen molar-refractivity contribution >= 4 is 34.8 Å². The van der Waals surface area contributed by atoms with E-state index in [1.807, 2.05) is 48.5 Å². The largest absolute Gasteiger partial charge is 0.324 e. The predicted octanol–water partition coefficient (Wildman–Crippen LogP) is 7.14. The molecule has 0 fully saturated rings. The Hall–Kier alpha value is -3.74. The molecule has 5 rings (SSSR count). The number of anilines is 2. The van der Waals surface area contributed by atoms with Crippen LogP contribution in [0.1, 0.15) is 6.92 Å². The van der Waals surface area contributed by atoms with Gasteiger partial charge in [0.15, 0.2) is 0 Å². The van der Waals surface area contributed by atoms with Gasteiger partial charge in [-0.15, -0.1) is 0 Å². The first kappa shape index (κ1) is 22.1. The minimum absolute atomic E-state index is 0.0333. The Labute approximate surface area is 207 Å². The number of hydrogen-bond donors (Lipinski definition) is 1. The molecule has 34 heavy (non-hydrogen) atoms. The SMILES string of the molecule is CCn1c(-c2ccc(Nc3nc(Cl)nc(Cl)n3)cc2)nc(-c2ccccc2)c1-c1ccccc1. The normalized spacial score (nSPS) is 10.9. The molecule has 2 heterocycles. The first-order chi connectivity index (χ1) is 16.6. The van der Waals surface area contributed by atoms with Crippen LogP contribution in [0, 0.1) is 0 Å². The molecule has 0 unspecified atom stereocenters. The van der Waals surface area contributed by atoms with Crippen molar-refractivity contribution in [3.05, 3.63) is 95.5 Å². The first-order valence-corrected chi connectivity index (χ1v) is 11.5. The molecule has 1 N–H and O–H groups in total. The van der Waals surface area contributed by atoms with Crippen molar-refractivity contribution < 1.29 is 0 Å². The van der Waals surface area contributed by atoms with Crippen molar-refractivity contribution in [2.45, 2.75) is 13.5 Å². The van der Waals surface area contributed by atoms with Crippen LogP contribution < -0.4 is 5.32 Å². The molecule has 0 saturated heterocycles. The van der Waals surface area contributed by atoms with Gasteiger partial charge in [-0.25, -0.2) is 4.98 Å². The Kier molecular flexibility index (Phi) is 6.25. The Morgan fingerprint density at radius 3 is 1.85 bits per heavy atom. The van der Waals surface area contributed by atoms with Crippen molar-refractivity contribution in [2.24, 2.45) is 0 Å². The molecule has 8 heteroatoms. The fourth-order valence-corrected chi connectivity index (χ4v) is 4.24. The molecule has 0 spiro atoms. The third kappa shape index (κ3) is 4.51. The number of hydrogen-bond acceptors (Lipinski definition) is 5. The molecule has 6 nitrogen and oxygen atoms in total. The molecule has 0 radical (unpaired) electrons. The summed E-state index contributed by atoms with van der Waals surface area (Å²) in [5.74, 6) is 1.18. The van der Waals surface area contributed by atoms with Gasteiger partial charge in [-0.05, 0) is 54.4 Å². The topological polar surface area (TPSA) is 68.5 Å². The molecule has 0 saturated carbocycles. The minimum atomic E-state index is 0.0333. The molecule has 0 bridgehead atoms. The van der Waals surface area contributed by atoms with Gasteiger partial charge in [0.05, 0.1) is 11.4 Å². The van der Waals surface area contributed by atoms with Gasteiger partial charge in [0.2, 0.25) is 16.5 Å². The van der Waals surface area contributed by atoms with Crippen molar-refractivity contribution in [3.8, 4) is 33.9 Å². The van der Waals surface area contributed by atoms with Gasteiger partial charge < -0.3 is 9.88 Å². The number of nitrogens with zero attached hydrogens (tertiary/aromatic N) is 5. The quantitative estimate of drug-likeness (QED) is 0.276. The second kappa shape index (κ2) is 9.63. The van der Waals surface area contributed by atoms with Gasteiger partial charge in [0.25, 0.3) is 0 Å². The monoisotopic (exact) mass is 486 g/mol. The van der Waals surface area contributed by atoms with E-state index in [1.54, 1.807) is 0 Å². The third-order valence-corrected chi connectivity index (χ3v) is 5.70. The highest BCUT2D eigenvalue weighted by atomic mass is 35.5. The predicted molar refractivity (Wildman–Crippen MR) is 137 cm³/mol. The number of halogens is 2. The van der Waals surface area contributed by atoms with Crippen molar-refractivity contribution in [3.63, 3.8) is 0 Å². The molecule has 168 valence electrons. The van der Waals surface area contributed by atoms with Crippen LogP contribution >= 0.6 is 23.2 Å². The second-order valence-electron chi connectivity index (χ2n) is 7.51. The molecule has 0 aliphatic carbocycles. The molecule has 2 aromatic heterocycles. The highest BCUT2D eigenvalue weighted by Crippen LogP contribution is 2.36. The van der Waals surface area contributed by atoms with Gasteiger partial charge in [0.1, 0.15) is 5.82 Å². The zero-order valence-corrected chi connectivity index (χ0v) is 19.8. The molecule has 3 aromatic carbocycles. The summed E-state index contributed by atoms with van der Waals surface area (Å²) >= 11 is 11.8. The van der Waals surface area contributed by atoms with Crippen LogP contribution in [0.5, 0.6) is 0 Å². The summed E-state index contributed by atoms with van der Waals surface area (Å²) in [4.78, 5) is 17.0. The summed E-state index contributed by atoms with van der Waals surface area (Å²) in [6.45, 7) is 2.91. The van der Waals surface area contributed by atoms with Crippen LogP contribution in [0.15, 0.2) is 84.9 Å². The highest BCUT2D eigenvalue weighted by Gasteiger charge is 2.20. The maximum atomic E-state index is 5.88. The number of nitrogens with one attached hydrogen (secondary N) is 1. The second-order valence-corrected chi connectivity index (χ2v) is 8.18. The third-order valence-electron chi connectivity index (χ3n) is 5.36. The molecule has 0 aliphatic heterocycles. The lowest BCUT2D eigenvalue weighted by atomic mass is 10.0. The smallest absolute Gasteiger partial charge is 0.232 e. The average molecular weight is 487 g/mol. The van der Waals surface area contributed by atoms with E-state index in [2.05, 4.69) is 68.2 Å². The van der Waals surface area contributed by atoms with Crippen LogP contribution in [-0.4, -0.2) is 24.5 Å². The van der Waals surface area contributed by atoms with E-state index in [9.17, 15) is 0 Å². The van der Waals surface area contributed by atoms with Crippen LogP contribution in [-0.2, 0) is 6.54 Å². The van der Waals surface area contributed by atoms with Gasteiger partial charge >= 0.3 is 0 Å². The summed E-state index contributed by atoms with van der Waals surface area (Å²) in [5.41, 5.74) is 6.06. The number of imidazole rings is 1. The van der Waals surface area contributed by atoms with E-state index < -0.39 is 0 Å². The van der Waals surface area contributed by atoms with Crippen molar-refractivity contribution in [1.82, 2.24) is 24.5 Å². The molecular formula is C26H20Cl2N6. The van der Waals surface area contributed by atoms with E-state index >= 15 is 0 Å². The van der Waals surface area contributed by atoms with E-state index in [-0.39, 0.29) is 16.5 Å². The maximum absolute atomic E-state index is 5.88. The van der Waals surface area contributed by atoms with E-state index in [0.717, 1.165) is 46.1 Å². The summed E-state index contributed by atoms with van der Waals surface area (Å²) in [7, 11) is 0. The summed E-state index contributed by atoms with van der Waals surface area (Å²) in [5, 5.41) is 3.17. The molecule has 0 amide bonds. The molecule has 5 aromatic rings. The maximum Gasteiger partial charge on any atom is 0.232 e. The fraction of sp³-hybridized carbons (Fsp3) is 0.0769. The minimum Gasteiger partial charge on any atom is -0.324 e. The average Bonchev–Trinajstić information content (AvgIpc) is 3.25. The van der Waals surface area contributed by atoms with E-state index in [0.29, 0.717) is 0 Å². The van der Waals surface area contributed by atoms with Gasteiger partial charge in [0, 0.05) is 28.9 Å². The summed E-state index contributed by atoms with van der Waals surface area (Å²) in [6, 6.07) is 28.6. The first-order valence-electron chi connectivity index (χ1n) is 10.8. The zero-order valence-electron chi connectivity index (χ0n) is 18.3. The number of rotatable bonds is 6. The van der Waals surface area contributed by atoms with E-state index in [4.69, 9.17) is 28.2 Å². The van der Waals surface area contributed by atoms with E-state index in [1.165, 1.54) is 0 Å². The van der Waals surface area contributed by atoms with Gasteiger partial charge in [-0.2, -0.15) is 15.0 Å². The van der Waals surface area contributed by atoms with Gasteiger partial charge in [-0.3, -0.25) is 0 Å². The molecule has 0 atom stereocenters. The lowest BCUT2D eigenvalue weighted by molar-refractivity contribution is 0.778. The summed E-state index contributed by atoms with van der Waals surface area (Å²) < 4.78 is 2.26. The van der Waals surface area contributed by atoms with Crippen LogP contribution in [0.4, 0.5) is 11.6 Å². The summed E-state index contributed by atoms with van der Waals surface area (Å²) in [6.07, 6.45) is 0. The lowest BCUT2D eigenvalue weighted by Crippen LogP contribution is -2.01. The van der Waals surface area contributed by atoms with Crippen LogP contribution in [0.25, 0.3) is 33.9 Å². The van der Waals surface area contributed by atoms with Crippen LogP contribution in [0.2, 0.25) is 10.6 Å². The Morgan fingerprint density at radius 1 is 0.676 bits per heavy atom. The lowest BCUT2D eigenvalue weighted by Gasteiger charge is -2.11.